The predicted octanol–water partition coefficient (Wildman–Crippen LogP) is 6.54. The monoisotopic (exact) mass is 397 g/mol. The number of H-pyrrole nitrogens is 1. The summed E-state index contributed by atoms with van der Waals surface area (Å²) in [6, 6.07) is 13.1. The van der Waals surface area contributed by atoms with E-state index in [1.54, 1.807) is 24.3 Å². The normalized spacial score (nSPS) is 11.2. The Morgan fingerprint density at radius 2 is 1.86 bits per heavy atom. The predicted molar refractivity (Wildman–Crippen MR) is 107 cm³/mol. The second-order valence-electron chi connectivity index (χ2n) is 6.60. The summed E-state index contributed by atoms with van der Waals surface area (Å²) in [5, 5.41) is 9.94. The Morgan fingerprint density at radius 3 is 2.54 bits per heavy atom. The first-order valence-corrected chi connectivity index (χ1v) is 9.29. The molecule has 28 heavy (non-hydrogen) atoms. The Morgan fingerprint density at radius 1 is 1.14 bits per heavy atom. The van der Waals surface area contributed by atoms with E-state index in [2.05, 4.69) is 4.98 Å². The van der Waals surface area contributed by atoms with Crippen LogP contribution in [-0.2, 0) is 6.42 Å². The molecule has 0 radical (unpaired) electrons. The topological polar surface area (TPSA) is 66.2 Å². The van der Waals surface area contributed by atoms with Gasteiger partial charge in [0, 0.05) is 11.1 Å². The highest BCUT2D eigenvalue weighted by Crippen LogP contribution is 2.40. The van der Waals surface area contributed by atoms with Crippen molar-refractivity contribution in [3.63, 3.8) is 0 Å². The number of halogens is 2. The van der Waals surface area contributed by atoms with E-state index in [4.69, 9.17) is 21.1 Å². The molecule has 2 heterocycles. The Balaban J connectivity index is 1.76. The van der Waals surface area contributed by atoms with Crippen molar-refractivity contribution < 1.29 is 18.7 Å². The fraction of sp³-hybridized carbons (Fsp3) is 0.136. The lowest BCUT2D eigenvalue weighted by Gasteiger charge is -2.00. The molecular formula is C22H17ClFNO3. The quantitative estimate of drug-likeness (QED) is 0.402. The number of nitrogens with one attached hydrogen (secondary N) is 1. The summed E-state index contributed by atoms with van der Waals surface area (Å²) in [4.78, 5) is 14.2. The Kier molecular flexibility index (Phi) is 4.69. The molecule has 4 aromatic rings. The van der Waals surface area contributed by atoms with Crippen LogP contribution in [0.1, 0.15) is 29.3 Å². The Labute approximate surface area is 165 Å². The number of furan rings is 1. The zero-order valence-electron chi connectivity index (χ0n) is 15.1. The zero-order valence-corrected chi connectivity index (χ0v) is 15.8. The van der Waals surface area contributed by atoms with Crippen LogP contribution in [0.15, 0.2) is 52.9 Å². The van der Waals surface area contributed by atoms with Crippen molar-refractivity contribution in [3.8, 4) is 22.7 Å². The largest absolute Gasteiger partial charge is 0.478 e. The molecule has 2 N–H and O–H groups in total. The summed E-state index contributed by atoms with van der Waals surface area (Å²) in [6.45, 7) is 2.02. The van der Waals surface area contributed by atoms with E-state index in [1.165, 1.54) is 12.1 Å². The van der Waals surface area contributed by atoms with Crippen LogP contribution in [0, 0.1) is 5.82 Å². The average Bonchev–Trinajstić information content (AvgIpc) is 3.28. The summed E-state index contributed by atoms with van der Waals surface area (Å²) >= 11 is 6.50. The molecule has 4 rings (SSSR count). The third-order valence-electron chi connectivity index (χ3n) is 4.66. The molecule has 0 amide bonds. The van der Waals surface area contributed by atoms with Gasteiger partial charge in [-0.05, 0) is 53.9 Å². The third-order valence-corrected chi connectivity index (χ3v) is 5.04. The number of hydrogen-bond acceptors (Lipinski definition) is 2. The minimum atomic E-state index is -0.970. The van der Waals surface area contributed by atoms with Crippen LogP contribution >= 0.6 is 11.6 Å². The van der Waals surface area contributed by atoms with Gasteiger partial charge in [-0.2, -0.15) is 0 Å². The van der Waals surface area contributed by atoms with Crippen molar-refractivity contribution in [2.45, 2.75) is 19.8 Å². The number of fused-ring (bicyclic) bond motifs is 1. The van der Waals surface area contributed by atoms with Crippen LogP contribution in [0.5, 0.6) is 0 Å². The van der Waals surface area contributed by atoms with E-state index >= 15 is 0 Å². The number of aromatic amines is 1. The molecule has 0 unspecified atom stereocenters. The van der Waals surface area contributed by atoms with Crippen LogP contribution in [0.2, 0.25) is 5.02 Å². The first-order chi connectivity index (χ1) is 13.5. The van der Waals surface area contributed by atoms with Gasteiger partial charge >= 0.3 is 5.97 Å². The second kappa shape index (κ2) is 7.17. The number of carboxylic acids is 1. The van der Waals surface area contributed by atoms with E-state index in [0.717, 1.165) is 23.2 Å². The van der Waals surface area contributed by atoms with Crippen molar-refractivity contribution in [1.82, 2.24) is 4.98 Å². The highest BCUT2D eigenvalue weighted by atomic mass is 35.5. The standard InChI is InChI=1S/C22H17ClFNO3/c1-2-3-14-10-15(24)11-16-19(23)21(28-20(14)16)18-9-8-17(25-18)12-4-6-13(7-5-12)22(26)27/h4-11,25H,2-3H2,1H3,(H,26,27). The number of carbonyl (C=O) groups is 1. The molecule has 2 aromatic carbocycles. The molecule has 4 nitrogen and oxygen atoms in total. The number of hydrogen-bond donors (Lipinski definition) is 2. The van der Waals surface area contributed by atoms with Crippen molar-refractivity contribution >= 4 is 28.5 Å². The van der Waals surface area contributed by atoms with Gasteiger partial charge in [0.2, 0.25) is 0 Å². The van der Waals surface area contributed by atoms with Gasteiger partial charge in [0.1, 0.15) is 11.4 Å². The van der Waals surface area contributed by atoms with Crippen molar-refractivity contribution in [3.05, 3.63) is 70.5 Å². The molecule has 0 bridgehead atoms. The molecule has 2 aromatic heterocycles. The average molecular weight is 398 g/mol. The number of benzene rings is 2. The van der Waals surface area contributed by atoms with Crippen molar-refractivity contribution in [2.24, 2.45) is 0 Å². The van der Waals surface area contributed by atoms with Gasteiger partial charge in [-0.3, -0.25) is 0 Å². The lowest BCUT2D eigenvalue weighted by Crippen LogP contribution is -1.94. The molecule has 142 valence electrons. The molecule has 0 saturated heterocycles. The maximum absolute atomic E-state index is 14.0. The molecule has 6 heteroatoms. The number of aromatic carboxylic acids is 1. The van der Waals surface area contributed by atoms with E-state index in [0.29, 0.717) is 33.9 Å². The minimum Gasteiger partial charge on any atom is -0.478 e. The zero-order chi connectivity index (χ0) is 19.8. The van der Waals surface area contributed by atoms with Gasteiger partial charge in [-0.1, -0.05) is 37.1 Å². The first kappa shape index (κ1) is 18.3. The molecule has 0 spiro atoms. The minimum absolute atomic E-state index is 0.223. The third kappa shape index (κ3) is 3.18. The first-order valence-electron chi connectivity index (χ1n) is 8.91. The number of aromatic nitrogens is 1. The smallest absolute Gasteiger partial charge is 0.335 e. The highest BCUT2D eigenvalue weighted by Gasteiger charge is 2.19. The van der Waals surface area contributed by atoms with E-state index in [-0.39, 0.29) is 11.4 Å². The second-order valence-corrected chi connectivity index (χ2v) is 6.98. The summed E-state index contributed by atoms with van der Waals surface area (Å²) in [6.07, 6.45) is 1.56. The fourth-order valence-corrected chi connectivity index (χ4v) is 3.60. The summed E-state index contributed by atoms with van der Waals surface area (Å²) in [5.74, 6) is -0.855. The summed E-state index contributed by atoms with van der Waals surface area (Å²) in [7, 11) is 0. The molecule has 0 atom stereocenters. The van der Waals surface area contributed by atoms with Crippen LogP contribution in [-0.4, -0.2) is 16.1 Å². The molecule has 0 aliphatic heterocycles. The molecule has 0 aliphatic carbocycles. The SMILES string of the molecule is CCCc1cc(F)cc2c(Cl)c(-c3ccc(-c4ccc(C(=O)O)cc4)[nH]3)oc12. The Bertz CT molecular complexity index is 1170. The van der Waals surface area contributed by atoms with Crippen molar-refractivity contribution in [2.75, 3.05) is 0 Å². The molecular weight excluding hydrogens is 381 g/mol. The van der Waals surface area contributed by atoms with Gasteiger partial charge < -0.3 is 14.5 Å². The summed E-state index contributed by atoms with van der Waals surface area (Å²) in [5.41, 5.74) is 3.92. The van der Waals surface area contributed by atoms with E-state index in [1.807, 2.05) is 19.1 Å². The summed E-state index contributed by atoms with van der Waals surface area (Å²) < 4.78 is 20.0. The van der Waals surface area contributed by atoms with Crippen LogP contribution in [0.25, 0.3) is 33.7 Å². The number of aryl methyl sites for hydroxylation is 1. The molecule has 0 aliphatic rings. The van der Waals surface area contributed by atoms with Crippen LogP contribution < -0.4 is 0 Å². The van der Waals surface area contributed by atoms with Gasteiger partial charge in [-0.15, -0.1) is 0 Å². The van der Waals surface area contributed by atoms with Crippen LogP contribution in [0.4, 0.5) is 4.39 Å². The van der Waals surface area contributed by atoms with Gasteiger partial charge in [0.05, 0.1) is 16.3 Å². The van der Waals surface area contributed by atoms with Gasteiger partial charge in [-0.25, -0.2) is 9.18 Å². The number of carboxylic acid groups (broad SMARTS) is 1. The van der Waals surface area contributed by atoms with E-state index in [9.17, 15) is 9.18 Å². The number of rotatable bonds is 5. The lowest BCUT2D eigenvalue weighted by atomic mass is 10.1. The Hall–Kier alpha value is -3.05. The van der Waals surface area contributed by atoms with Crippen LogP contribution in [0.3, 0.4) is 0 Å². The van der Waals surface area contributed by atoms with Crippen molar-refractivity contribution in [1.29, 1.82) is 0 Å². The fourth-order valence-electron chi connectivity index (χ4n) is 3.32. The van der Waals surface area contributed by atoms with Gasteiger partial charge in [0.15, 0.2) is 5.76 Å². The highest BCUT2D eigenvalue weighted by molar-refractivity contribution is 6.38. The maximum atomic E-state index is 14.0. The van der Waals surface area contributed by atoms with Gasteiger partial charge in [0.25, 0.3) is 0 Å². The van der Waals surface area contributed by atoms with E-state index < -0.39 is 5.97 Å². The maximum Gasteiger partial charge on any atom is 0.335 e. The lowest BCUT2D eigenvalue weighted by molar-refractivity contribution is 0.0697. The molecule has 0 fully saturated rings. The molecule has 0 saturated carbocycles.